The molecule has 0 bridgehead atoms. The summed E-state index contributed by atoms with van der Waals surface area (Å²) in [5.74, 6) is -0.0322. The van der Waals surface area contributed by atoms with Crippen molar-refractivity contribution >= 4 is 23.1 Å². The largest absolute Gasteiger partial charge is 0.391 e. The van der Waals surface area contributed by atoms with Crippen molar-refractivity contribution in [3.05, 3.63) is 34.9 Å². The van der Waals surface area contributed by atoms with Gasteiger partial charge in [0.05, 0.1) is 16.9 Å². The predicted octanol–water partition coefficient (Wildman–Crippen LogP) is 2.81. The molecular formula is C16H24N2OS. The summed E-state index contributed by atoms with van der Waals surface area (Å²) < 4.78 is 0. The molecular weight excluding hydrogens is 268 g/mol. The van der Waals surface area contributed by atoms with E-state index in [0.29, 0.717) is 24.3 Å². The second-order valence-electron chi connectivity index (χ2n) is 5.31. The van der Waals surface area contributed by atoms with Crippen LogP contribution in [-0.4, -0.2) is 16.4 Å². The van der Waals surface area contributed by atoms with Crippen molar-refractivity contribution in [2.24, 2.45) is 5.73 Å². The van der Waals surface area contributed by atoms with Gasteiger partial charge in [-0.05, 0) is 37.8 Å². The molecule has 3 N–H and O–H groups in total. The zero-order valence-corrected chi connectivity index (χ0v) is 13.6. The molecule has 0 aliphatic carbocycles. The predicted molar refractivity (Wildman–Crippen MR) is 87.9 cm³/mol. The van der Waals surface area contributed by atoms with Crippen LogP contribution in [0.15, 0.2) is 18.2 Å². The molecule has 0 aliphatic rings. The molecule has 0 aromatic heterocycles. The van der Waals surface area contributed by atoms with Crippen LogP contribution in [0.25, 0.3) is 0 Å². The average Bonchev–Trinajstić information content (AvgIpc) is 2.40. The third-order valence-electron chi connectivity index (χ3n) is 3.91. The van der Waals surface area contributed by atoms with Gasteiger partial charge in [0.1, 0.15) is 0 Å². The first-order valence-corrected chi connectivity index (χ1v) is 7.42. The Labute approximate surface area is 126 Å². The van der Waals surface area contributed by atoms with E-state index >= 15 is 0 Å². The molecule has 0 fully saturated rings. The number of carbonyl (C=O) groups is 1. The van der Waals surface area contributed by atoms with Gasteiger partial charge in [0.25, 0.3) is 0 Å². The minimum atomic E-state index is -0.565. The topological polar surface area (TPSA) is 55.1 Å². The third-order valence-corrected chi connectivity index (χ3v) is 4.30. The van der Waals surface area contributed by atoms with Crippen LogP contribution in [-0.2, 0) is 11.2 Å². The molecule has 0 saturated heterocycles. The van der Waals surface area contributed by atoms with Gasteiger partial charge in [0.2, 0.25) is 5.91 Å². The van der Waals surface area contributed by atoms with Crippen LogP contribution in [0.3, 0.4) is 0 Å². The van der Waals surface area contributed by atoms with E-state index in [1.165, 1.54) is 0 Å². The smallest absolute Gasteiger partial charge is 0.225 e. The molecule has 0 spiro atoms. The molecule has 0 radical (unpaired) electrons. The number of hydrogen-bond donors (Lipinski definition) is 2. The van der Waals surface area contributed by atoms with Crippen molar-refractivity contribution in [3.8, 4) is 0 Å². The molecule has 0 atom stereocenters. The fraction of sp³-hybridized carbons (Fsp3) is 0.500. The highest BCUT2D eigenvalue weighted by Gasteiger charge is 2.31. The van der Waals surface area contributed by atoms with Gasteiger partial charge >= 0.3 is 0 Å². The van der Waals surface area contributed by atoms with Crippen LogP contribution < -0.4 is 11.1 Å². The van der Waals surface area contributed by atoms with E-state index in [1.807, 2.05) is 39.8 Å². The van der Waals surface area contributed by atoms with E-state index in [1.54, 1.807) is 0 Å². The van der Waals surface area contributed by atoms with E-state index in [4.69, 9.17) is 18.0 Å². The standard InChI is InChI=1S/C16H24N2OS/c1-5-16(6-2,15(17)20)18-14(19)10-13-9-11(3)7-8-12(13)4/h7-9H,5-6,10H2,1-4H3,(H2,17,20)(H,18,19). The van der Waals surface area contributed by atoms with Gasteiger partial charge in [-0.15, -0.1) is 0 Å². The molecule has 1 rings (SSSR count). The van der Waals surface area contributed by atoms with Crippen molar-refractivity contribution < 1.29 is 4.79 Å². The zero-order valence-electron chi connectivity index (χ0n) is 12.7. The van der Waals surface area contributed by atoms with Crippen molar-refractivity contribution in [2.75, 3.05) is 0 Å². The lowest BCUT2D eigenvalue weighted by Gasteiger charge is -2.31. The Morgan fingerprint density at radius 3 is 2.40 bits per heavy atom. The molecule has 1 aromatic carbocycles. The Kier molecular flexibility index (Phi) is 5.69. The minimum Gasteiger partial charge on any atom is -0.391 e. The van der Waals surface area contributed by atoms with Crippen molar-refractivity contribution in [3.63, 3.8) is 0 Å². The summed E-state index contributed by atoms with van der Waals surface area (Å²) in [7, 11) is 0. The van der Waals surface area contributed by atoms with Gasteiger partial charge in [-0.3, -0.25) is 4.79 Å². The number of thiocarbonyl (C=S) groups is 1. The first-order valence-electron chi connectivity index (χ1n) is 7.01. The van der Waals surface area contributed by atoms with Gasteiger partial charge in [-0.1, -0.05) is 49.8 Å². The minimum absolute atomic E-state index is 0.0322. The number of nitrogens with two attached hydrogens (primary N) is 1. The average molecular weight is 292 g/mol. The van der Waals surface area contributed by atoms with E-state index in [-0.39, 0.29) is 5.91 Å². The maximum atomic E-state index is 12.3. The van der Waals surface area contributed by atoms with Crippen molar-refractivity contribution in [2.45, 2.75) is 52.5 Å². The SMILES string of the molecule is CCC(CC)(NC(=O)Cc1cc(C)ccc1C)C(N)=S. The summed E-state index contributed by atoms with van der Waals surface area (Å²) in [6, 6.07) is 6.14. The Hall–Kier alpha value is -1.42. The molecule has 0 heterocycles. The van der Waals surface area contributed by atoms with Gasteiger partial charge in [-0.25, -0.2) is 0 Å². The van der Waals surface area contributed by atoms with Crippen LogP contribution >= 0.6 is 12.2 Å². The highest BCUT2D eigenvalue weighted by molar-refractivity contribution is 7.80. The fourth-order valence-corrected chi connectivity index (χ4v) is 2.65. The van der Waals surface area contributed by atoms with E-state index in [2.05, 4.69) is 11.4 Å². The lowest BCUT2D eigenvalue weighted by atomic mass is 9.92. The summed E-state index contributed by atoms with van der Waals surface area (Å²) in [6.07, 6.45) is 1.77. The molecule has 0 unspecified atom stereocenters. The van der Waals surface area contributed by atoms with Crippen molar-refractivity contribution in [1.29, 1.82) is 0 Å². The fourth-order valence-electron chi connectivity index (χ4n) is 2.31. The zero-order chi connectivity index (χ0) is 15.3. The Morgan fingerprint density at radius 2 is 1.90 bits per heavy atom. The van der Waals surface area contributed by atoms with Crippen LogP contribution in [0.5, 0.6) is 0 Å². The molecule has 20 heavy (non-hydrogen) atoms. The lowest BCUT2D eigenvalue weighted by molar-refractivity contribution is -0.121. The number of benzene rings is 1. The van der Waals surface area contributed by atoms with E-state index in [0.717, 1.165) is 16.7 Å². The normalized spacial score (nSPS) is 11.2. The summed E-state index contributed by atoms with van der Waals surface area (Å²) in [4.78, 5) is 12.6. The first kappa shape index (κ1) is 16.6. The molecule has 4 heteroatoms. The Balaban J connectivity index is 2.86. The maximum Gasteiger partial charge on any atom is 0.225 e. The lowest BCUT2D eigenvalue weighted by Crippen LogP contribution is -2.56. The Bertz CT molecular complexity index is 507. The van der Waals surface area contributed by atoms with Crippen molar-refractivity contribution in [1.82, 2.24) is 5.32 Å². The maximum absolute atomic E-state index is 12.3. The highest BCUT2D eigenvalue weighted by Crippen LogP contribution is 2.17. The summed E-state index contributed by atoms with van der Waals surface area (Å²) in [6.45, 7) is 8.02. The van der Waals surface area contributed by atoms with Crippen LogP contribution in [0.2, 0.25) is 0 Å². The third kappa shape index (κ3) is 3.79. The quantitative estimate of drug-likeness (QED) is 0.793. The Morgan fingerprint density at radius 1 is 1.30 bits per heavy atom. The molecule has 1 aromatic rings. The van der Waals surface area contributed by atoms with Gasteiger partial charge < -0.3 is 11.1 Å². The highest BCUT2D eigenvalue weighted by atomic mass is 32.1. The second kappa shape index (κ2) is 6.84. The number of nitrogens with one attached hydrogen (secondary N) is 1. The summed E-state index contributed by atoms with van der Waals surface area (Å²) >= 11 is 5.12. The van der Waals surface area contributed by atoms with E-state index in [9.17, 15) is 4.79 Å². The van der Waals surface area contributed by atoms with Crippen LogP contribution in [0.4, 0.5) is 0 Å². The monoisotopic (exact) mass is 292 g/mol. The molecule has 1 amide bonds. The second-order valence-corrected chi connectivity index (χ2v) is 5.75. The first-order chi connectivity index (χ1) is 9.34. The molecule has 3 nitrogen and oxygen atoms in total. The number of aryl methyl sites for hydroxylation is 2. The van der Waals surface area contributed by atoms with Crippen LogP contribution in [0.1, 0.15) is 43.4 Å². The molecule has 0 saturated carbocycles. The van der Waals surface area contributed by atoms with Gasteiger partial charge in [0, 0.05) is 0 Å². The molecule has 0 aliphatic heterocycles. The number of rotatable bonds is 6. The van der Waals surface area contributed by atoms with E-state index < -0.39 is 5.54 Å². The summed E-state index contributed by atoms with van der Waals surface area (Å²) in [5.41, 5.74) is 8.57. The number of carbonyl (C=O) groups excluding carboxylic acids is 1. The van der Waals surface area contributed by atoms with Gasteiger partial charge in [0.15, 0.2) is 0 Å². The van der Waals surface area contributed by atoms with Gasteiger partial charge in [-0.2, -0.15) is 0 Å². The van der Waals surface area contributed by atoms with Crippen LogP contribution in [0, 0.1) is 13.8 Å². The molecule has 110 valence electrons. The number of amides is 1. The summed E-state index contributed by atoms with van der Waals surface area (Å²) in [5, 5.41) is 3.02. The number of hydrogen-bond acceptors (Lipinski definition) is 2.